The van der Waals surface area contributed by atoms with Crippen LogP contribution in [0.3, 0.4) is 0 Å². The van der Waals surface area contributed by atoms with Gasteiger partial charge in [0, 0.05) is 6.42 Å². The number of carbonyl (C=O) groups is 1. The average Bonchev–Trinajstić information content (AvgIpc) is 2.20. The van der Waals surface area contributed by atoms with Gasteiger partial charge in [0.15, 0.2) is 8.32 Å². The summed E-state index contributed by atoms with van der Waals surface area (Å²) in [6, 6.07) is 0. The van der Waals surface area contributed by atoms with E-state index in [2.05, 4.69) is 45.7 Å². The van der Waals surface area contributed by atoms with Gasteiger partial charge < -0.3 is 9.22 Å². The first-order chi connectivity index (χ1) is 7.74. The van der Waals surface area contributed by atoms with E-state index in [0.29, 0.717) is 0 Å². The van der Waals surface area contributed by atoms with Gasteiger partial charge in [-0.05, 0) is 37.9 Å². The zero-order valence-corrected chi connectivity index (χ0v) is 13.1. The number of aldehydes is 1. The zero-order valence-electron chi connectivity index (χ0n) is 12.1. The second-order valence-corrected chi connectivity index (χ2v) is 10.6. The third-order valence-corrected chi connectivity index (χ3v) is 7.88. The molecular weight excluding hydrogens is 228 g/mol. The van der Waals surface area contributed by atoms with Crippen LogP contribution in [0.15, 0.2) is 0 Å². The molecule has 0 heterocycles. The van der Waals surface area contributed by atoms with Crippen LogP contribution in [0.2, 0.25) is 18.1 Å². The molecule has 3 heteroatoms. The Hall–Kier alpha value is -0.593. The molecule has 0 radical (unpaired) electrons. The van der Waals surface area contributed by atoms with Crippen molar-refractivity contribution in [3.8, 4) is 11.8 Å². The standard InChI is InChI=1S/C14H26O2Si/c1-7-8-9-10-11-13(12-15)16-17(5,6)14(2,3)4/h12-13H,9-11H2,1-6H3/t13-/m0/s1. The fourth-order valence-corrected chi connectivity index (χ4v) is 2.51. The lowest BCUT2D eigenvalue weighted by Gasteiger charge is -2.38. The summed E-state index contributed by atoms with van der Waals surface area (Å²) in [7, 11) is -1.82. The molecule has 0 unspecified atom stereocenters. The van der Waals surface area contributed by atoms with Gasteiger partial charge in [-0.3, -0.25) is 0 Å². The van der Waals surface area contributed by atoms with Crippen LogP contribution in [-0.2, 0) is 9.22 Å². The van der Waals surface area contributed by atoms with Gasteiger partial charge in [0.2, 0.25) is 0 Å². The van der Waals surface area contributed by atoms with Crippen molar-refractivity contribution in [3.63, 3.8) is 0 Å². The summed E-state index contributed by atoms with van der Waals surface area (Å²) in [4.78, 5) is 11.0. The summed E-state index contributed by atoms with van der Waals surface area (Å²) < 4.78 is 6.05. The third kappa shape index (κ3) is 6.04. The first-order valence-corrected chi connectivity index (χ1v) is 9.18. The fraction of sp³-hybridized carbons (Fsp3) is 0.786. The maximum atomic E-state index is 11.0. The van der Waals surface area contributed by atoms with E-state index in [1.807, 2.05) is 6.92 Å². The number of rotatable bonds is 6. The predicted molar refractivity (Wildman–Crippen MR) is 75.4 cm³/mol. The summed E-state index contributed by atoms with van der Waals surface area (Å²) in [6.07, 6.45) is 3.25. The van der Waals surface area contributed by atoms with Crippen LogP contribution in [0.25, 0.3) is 0 Å². The Morgan fingerprint density at radius 1 is 1.35 bits per heavy atom. The highest BCUT2D eigenvalue weighted by atomic mass is 28.4. The quantitative estimate of drug-likeness (QED) is 0.312. The van der Waals surface area contributed by atoms with Crippen LogP contribution in [0.5, 0.6) is 0 Å². The normalized spacial score (nSPS) is 13.8. The number of unbranched alkanes of at least 4 members (excludes halogenated alkanes) is 1. The van der Waals surface area contributed by atoms with Crippen molar-refractivity contribution in [2.75, 3.05) is 0 Å². The van der Waals surface area contributed by atoms with E-state index in [1.54, 1.807) is 0 Å². The highest BCUT2D eigenvalue weighted by Gasteiger charge is 2.38. The molecule has 0 rings (SSSR count). The first kappa shape index (κ1) is 16.4. The lowest BCUT2D eigenvalue weighted by Crippen LogP contribution is -2.44. The molecule has 0 aliphatic heterocycles. The Balaban J connectivity index is 4.29. The van der Waals surface area contributed by atoms with Crippen molar-refractivity contribution in [1.29, 1.82) is 0 Å². The maximum absolute atomic E-state index is 11.0. The Labute approximate surface area is 107 Å². The molecule has 0 aromatic heterocycles. The van der Waals surface area contributed by atoms with E-state index >= 15 is 0 Å². The lowest BCUT2D eigenvalue weighted by molar-refractivity contribution is -0.114. The van der Waals surface area contributed by atoms with E-state index in [-0.39, 0.29) is 11.1 Å². The second kappa shape index (κ2) is 6.98. The summed E-state index contributed by atoms with van der Waals surface area (Å²) in [6.45, 7) is 12.7. The van der Waals surface area contributed by atoms with Crippen molar-refractivity contribution in [2.45, 2.75) is 71.2 Å². The minimum Gasteiger partial charge on any atom is -0.407 e. The van der Waals surface area contributed by atoms with Crippen molar-refractivity contribution in [3.05, 3.63) is 0 Å². The van der Waals surface area contributed by atoms with Gasteiger partial charge in [0.25, 0.3) is 0 Å². The number of hydrogen-bond donors (Lipinski definition) is 0. The van der Waals surface area contributed by atoms with Gasteiger partial charge in [0.05, 0.1) is 0 Å². The van der Waals surface area contributed by atoms with Gasteiger partial charge in [-0.25, -0.2) is 0 Å². The molecule has 0 spiro atoms. The van der Waals surface area contributed by atoms with Gasteiger partial charge in [0.1, 0.15) is 12.4 Å². The van der Waals surface area contributed by atoms with Gasteiger partial charge in [-0.1, -0.05) is 20.8 Å². The van der Waals surface area contributed by atoms with Crippen molar-refractivity contribution >= 4 is 14.6 Å². The minimum absolute atomic E-state index is 0.150. The SMILES string of the molecule is CC#CCCC[C@@H](C=O)O[Si](C)(C)C(C)(C)C. The Morgan fingerprint density at radius 2 is 1.94 bits per heavy atom. The van der Waals surface area contributed by atoms with Crippen molar-refractivity contribution < 1.29 is 9.22 Å². The van der Waals surface area contributed by atoms with E-state index in [1.165, 1.54) is 0 Å². The molecule has 0 aromatic carbocycles. The van der Waals surface area contributed by atoms with Crippen LogP contribution < -0.4 is 0 Å². The number of hydrogen-bond acceptors (Lipinski definition) is 2. The largest absolute Gasteiger partial charge is 0.407 e. The van der Waals surface area contributed by atoms with E-state index in [9.17, 15) is 4.79 Å². The lowest BCUT2D eigenvalue weighted by atomic mass is 10.2. The second-order valence-electron chi connectivity index (χ2n) is 5.87. The molecule has 0 bridgehead atoms. The molecular formula is C14H26O2Si. The predicted octanol–water partition coefficient (Wildman–Crippen LogP) is 3.77. The van der Waals surface area contributed by atoms with E-state index in [0.717, 1.165) is 25.5 Å². The number of carbonyl (C=O) groups excluding carboxylic acids is 1. The summed E-state index contributed by atoms with van der Waals surface area (Å²) in [5, 5.41) is 0.150. The van der Waals surface area contributed by atoms with Crippen LogP contribution >= 0.6 is 0 Å². The molecule has 0 N–H and O–H groups in total. The molecule has 0 saturated carbocycles. The summed E-state index contributed by atoms with van der Waals surface area (Å²) in [5.74, 6) is 5.87. The van der Waals surface area contributed by atoms with E-state index < -0.39 is 8.32 Å². The molecule has 17 heavy (non-hydrogen) atoms. The molecule has 0 aromatic rings. The molecule has 0 amide bonds. The molecule has 0 saturated heterocycles. The molecule has 1 atom stereocenters. The summed E-state index contributed by atoms with van der Waals surface area (Å²) >= 11 is 0. The van der Waals surface area contributed by atoms with Gasteiger partial charge in [-0.2, -0.15) is 0 Å². The smallest absolute Gasteiger partial charge is 0.193 e. The molecule has 2 nitrogen and oxygen atoms in total. The minimum atomic E-state index is -1.82. The fourth-order valence-electron chi connectivity index (χ4n) is 1.23. The highest BCUT2D eigenvalue weighted by molar-refractivity contribution is 6.74. The topological polar surface area (TPSA) is 26.3 Å². The summed E-state index contributed by atoms with van der Waals surface area (Å²) in [5.41, 5.74) is 0. The van der Waals surface area contributed by atoms with Gasteiger partial charge in [-0.15, -0.1) is 11.8 Å². The van der Waals surface area contributed by atoms with Crippen LogP contribution in [0.1, 0.15) is 47.0 Å². The Kier molecular flexibility index (Phi) is 6.73. The van der Waals surface area contributed by atoms with E-state index in [4.69, 9.17) is 4.43 Å². The highest BCUT2D eigenvalue weighted by Crippen LogP contribution is 2.37. The average molecular weight is 254 g/mol. The molecule has 0 aliphatic rings. The first-order valence-electron chi connectivity index (χ1n) is 6.27. The Bertz CT molecular complexity index is 292. The zero-order chi connectivity index (χ0) is 13.5. The maximum Gasteiger partial charge on any atom is 0.193 e. The molecule has 0 aliphatic carbocycles. The Morgan fingerprint density at radius 3 is 2.35 bits per heavy atom. The monoisotopic (exact) mass is 254 g/mol. The molecule has 98 valence electrons. The van der Waals surface area contributed by atoms with Crippen LogP contribution in [0, 0.1) is 11.8 Å². The van der Waals surface area contributed by atoms with Crippen LogP contribution in [-0.4, -0.2) is 20.7 Å². The van der Waals surface area contributed by atoms with Crippen molar-refractivity contribution in [2.24, 2.45) is 0 Å². The van der Waals surface area contributed by atoms with Crippen molar-refractivity contribution in [1.82, 2.24) is 0 Å². The van der Waals surface area contributed by atoms with Crippen LogP contribution in [0.4, 0.5) is 0 Å². The molecule has 0 fully saturated rings. The third-order valence-electron chi connectivity index (χ3n) is 3.37. The van der Waals surface area contributed by atoms with Gasteiger partial charge >= 0.3 is 0 Å².